The molecule has 29 heavy (non-hydrogen) atoms. The Hall–Kier alpha value is -3.18. The van der Waals surface area contributed by atoms with Crippen LogP contribution >= 0.6 is 11.3 Å². The first-order chi connectivity index (χ1) is 14.2. The SMILES string of the molecule is Cc1ccc2nc(-c3ccc(NC(=O)CN4CCc5ccccc54)cc3)sc2c1. The minimum atomic E-state index is 0.00455. The van der Waals surface area contributed by atoms with Gasteiger partial charge < -0.3 is 10.2 Å². The number of rotatable bonds is 4. The zero-order valence-electron chi connectivity index (χ0n) is 16.2. The van der Waals surface area contributed by atoms with Gasteiger partial charge in [-0.05, 0) is 66.9 Å². The van der Waals surface area contributed by atoms with E-state index in [0.717, 1.165) is 34.7 Å². The molecule has 0 saturated carbocycles. The van der Waals surface area contributed by atoms with Crippen LogP contribution in [0.1, 0.15) is 11.1 Å². The largest absolute Gasteiger partial charge is 0.362 e. The number of carbonyl (C=O) groups is 1. The summed E-state index contributed by atoms with van der Waals surface area (Å²) >= 11 is 1.69. The van der Waals surface area contributed by atoms with E-state index in [0.29, 0.717) is 6.54 Å². The van der Waals surface area contributed by atoms with Crippen molar-refractivity contribution < 1.29 is 4.79 Å². The number of hydrogen-bond donors (Lipinski definition) is 1. The molecule has 0 saturated heterocycles. The van der Waals surface area contributed by atoms with Crippen molar-refractivity contribution in [3.8, 4) is 10.6 Å². The van der Waals surface area contributed by atoms with Crippen molar-refractivity contribution in [1.82, 2.24) is 4.98 Å². The molecule has 4 aromatic rings. The lowest BCUT2D eigenvalue weighted by Crippen LogP contribution is -2.31. The molecule has 0 spiro atoms. The van der Waals surface area contributed by atoms with Crippen molar-refractivity contribution in [1.29, 1.82) is 0 Å². The number of benzene rings is 3. The first-order valence-electron chi connectivity index (χ1n) is 9.76. The van der Waals surface area contributed by atoms with Gasteiger partial charge in [0.1, 0.15) is 5.01 Å². The van der Waals surface area contributed by atoms with Crippen LogP contribution in [0.5, 0.6) is 0 Å². The summed E-state index contributed by atoms with van der Waals surface area (Å²) < 4.78 is 1.20. The number of nitrogens with zero attached hydrogens (tertiary/aromatic N) is 2. The van der Waals surface area contributed by atoms with E-state index in [9.17, 15) is 4.79 Å². The smallest absolute Gasteiger partial charge is 0.243 e. The highest BCUT2D eigenvalue weighted by atomic mass is 32.1. The molecular formula is C24H21N3OS. The first-order valence-corrected chi connectivity index (χ1v) is 10.6. The van der Waals surface area contributed by atoms with Gasteiger partial charge in [0.05, 0.1) is 16.8 Å². The molecule has 3 aromatic carbocycles. The van der Waals surface area contributed by atoms with Crippen LogP contribution in [0.4, 0.5) is 11.4 Å². The predicted octanol–water partition coefficient (Wildman–Crippen LogP) is 5.27. The Morgan fingerprint density at radius 1 is 1.10 bits per heavy atom. The molecule has 0 aliphatic carbocycles. The molecule has 1 aromatic heterocycles. The van der Waals surface area contributed by atoms with E-state index >= 15 is 0 Å². The topological polar surface area (TPSA) is 45.2 Å². The van der Waals surface area contributed by atoms with Crippen molar-refractivity contribution in [2.45, 2.75) is 13.3 Å². The number of para-hydroxylation sites is 1. The molecule has 5 heteroatoms. The number of aromatic nitrogens is 1. The molecule has 5 rings (SSSR count). The molecule has 4 nitrogen and oxygen atoms in total. The van der Waals surface area contributed by atoms with Crippen molar-refractivity contribution in [3.05, 3.63) is 77.9 Å². The quantitative estimate of drug-likeness (QED) is 0.508. The van der Waals surface area contributed by atoms with Gasteiger partial charge >= 0.3 is 0 Å². The summed E-state index contributed by atoms with van der Waals surface area (Å²) in [5.41, 5.74) is 6.63. The van der Waals surface area contributed by atoms with Gasteiger partial charge in [0, 0.05) is 23.5 Å². The number of thiazole rings is 1. The monoisotopic (exact) mass is 399 g/mol. The predicted molar refractivity (Wildman–Crippen MR) is 121 cm³/mol. The Morgan fingerprint density at radius 3 is 2.79 bits per heavy atom. The molecule has 0 bridgehead atoms. The highest BCUT2D eigenvalue weighted by Crippen LogP contribution is 2.31. The summed E-state index contributed by atoms with van der Waals surface area (Å²) in [6.45, 7) is 3.36. The lowest BCUT2D eigenvalue weighted by Gasteiger charge is -2.18. The van der Waals surface area contributed by atoms with E-state index in [1.807, 2.05) is 30.3 Å². The number of aryl methyl sites for hydroxylation is 1. The second-order valence-electron chi connectivity index (χ2n) is 7.42. The second kappa shape index (κ2) is 7.33. The molecule has 0 unspecified atom stereocenters. The fourth-order valence-corrected chi connectivity index (χ4v) is 4.87. The fraction of sp³-hybridized carbons (Fsp3) is 0.167. The summed E-state index contributed by atoms with van der Waals surface area (Å²) in [6.07, 6.45) is 1.000. The fourth-order valence-electron chi connectivity index (χ4n) is 3.80. The van der Waals surface area contributed by atoms with Gasteiger partial charge in [-0.25, -0.2) is 4.98 Å². The number of fused-ring (bicyclic) bond motifs is 2. The van der Waals surface area contributed by atoms with Crippen LogP contribution in [0.15, 0.2) is 66.7 Å². The van der Waals surface area contributed by atoms with Crippen molar-refractivity contribution in [2.75, 3.05) is 23.3 Å². The van der Waals surface area contributed by atoms with E-state index in [1.54, 1.807) is 11.3 Å². The van der Waals surface area contributed by atoms with Gasteiger partial charge in [-0.2, -0.15) is 0 Å². The Bertz CT molecular complexity index is 1200. The second-order valence-corrected chi connectivity index (χ2v) is 8.45. The van der Waals surface area contributed by atoms with Gasteiger partial charge in [0.2, 0.25) is 5.91 Å². The molecular weight excluding hydrogens is 378 g/mol. The lowest BCUT2D eigenvalue weighted by atomic mass is 10.2. The average molecular weight is 400 g/mol. The third kappa shape index (κ3) is 3.61. The van der Waals surface area contributed by atoms with Crippen molar-refractivity contribution >= 4 is 38.8 Å². The average Bonchev–Trinajstić information content (AvgIpc) is 3.32. The maximum atomic E-state index is 12.5. The van der Waals surface area contributed by atoms with Gasteiger partial charge in [0.15, 0.2) is 0 Å². The summed E-state index contributed by atoms with van der Waals surface area (Å²) in [5, 5.41) is 4.01. The number of nitrogens with one attached hydrogen (secondary N) is 1. The zero-order valence-corrected chi connectivity index (χ0v) is 17.0. The van der Waals surface area contributed by atoms with Crippen LogP contribution in [0.2, 0.25) is 0 Å². The third-order valence-electron chi connectivity index (χ3n) is 5.28. The van der Waals surface area contributed by atoms with Crippen LogP contribution in [0.25, 0.3) is 20.8 Å². The van der Waals surface area contributed by atoms with Crippen molar-refractivity contribution in [3.63, 3.8) is 0 Å². The van der Waals surface area contributed by atoms with Crippen LogP contribution in [0, 0.1) is 6.92 Å². The maximum absolute atomic E-state index is 12.5. The Balaban J connectivity index is 1.27. The number of carbonyl (C=O) groups excluding carboxylic acids is 1. The Morgan fingerprint density at radius 2 is 1.93 bits per heavy atom. The van der Waals surface area contributed by atoms with E-state index in [1.165, 1.54) is 21.5 Å². The minimum Gasteiger partial charge on any atom is -0.362 e. The molecule has 2 heterocycles. The van der Waals surface area contributed by atoms with Crippen molar-refractivity contribution in [2.24, 2.45) is 0 Å². The van der Waals surface area contributed by atoms with Crippen LogP contribution < -0.4 is 10.2 Å². The highest BCUT2D eigenvalue weighted by Gasteiger charge is 2.20. The Kier molecular flexibility index (Phi) is 4.52. The van der Waals surface area contributed by atoms with Gasteiger partial charge in [0.25, 0.3) is 0 Å². The molecule has 1 aliphatic heterocycles. The zero-order chi connectivity index (χ0) is 19.8. The molecule has 1 N–H and O–H groups in total. The standard InChI is InChI=1S/C24H21N3OS/c1-16-6-11-20-22(14-16)29-24(26-20)18-7-9-19(10-8-18)25-23(28)15-27-13-12-17-4-2-3-5-21(17)27/h2-11,14H,12-13,15H2,1H3,(H,25,28). The van der Waals surface area contributed by atoms with Crippen LogP contribution in [0.3, 0.4) is 0 Å². The third-order valence-corrected chi connectivity index (χ3v) is 6.34. The van der Waals surface area contributed by atoms with E-state index in [-0.39, 0.29) is 5.91 Å². The maximum Gasteiger partial charge on any atom is 0.243 e. The molecule has 0 fully saturated rings. The van der Waals surface area contributed by atoms with E-state index in [4.69, 9.17) is 4.98 Å². The number of anilines is 2. The first kappa shape index (κ1) is 17.9. The van der Waals surface area contributed by atoms with Gasteiger partial charge in [-0.3, -0.25) is 4.79 Å². The lowest BCUT2D eigenvalue weighted by molar-refractivity contribution is -0.115. The number of hydrogen-bond acceptors (Lipinski definition) is 4. The molecule has 1 amide bonds. The van der Waals surface area contributed by atoms with E-state index < -0.39 is 0 Å². The summed E-state index contributed by atoms with van der Waals surface area (Å²) in [6, 6.07) is 22.6. The molecule has 0 radical (unpaired) electrons. The number of amides is 1. The summed E-state index contributed by atoms with van der Waals surface area (Å²) in [7, 11) is 0. The summed E-state index contributed by atoms with van der Waals surface area (Å²) in [4.78, 5) is 19.4. The summed E-state index contributed by atoms with van der Waals surface area (Å²) in [5.74, 6) is 0.00455. The van der Waals surface area contributed by atoms with Gasteiger partial charge in [-0.15, -0.1) is 11.3 Å². The van der Waals surface area contributed by atoms with Crippen LogP contribution in [-0.4, -0.2) is 24.0 Å². The van der Waals surface area contributed by atoms with E-state index in [2.05, 4.69) is 53.5 Å². The minimum absolute atomic E-state index is 0.00455. The Labute approximate surface area is 173 Å². The molecule has 1 aliphatic rings. The molecule has 0 atom stereocenters. The normalized spacial score (nSPS) is 12.9. The van der Waals surface area contributed by atoms with Crippen LogP contribution in [-0.2, 0) is 11.2 Å². The highest BCUT2D eigenvalue weighted by molar-refractivity contribution is 7.21. The molecule has 144 valence electrons. The van der Waals surface area contributed by atoms with Gasteiger partial charge in [-0.1, -0.05) is 24.3 Å².